The number of amides is 1. The zero-order chi connectivity index (χ0) is 14.8. The lowest BCUT2D eigenvalue weighted by molar-refractivity contribution is -0.141. The topological polar surface area (TPSA) is 46.6 Å². The van der Waals surface area contributed by atoms with Crippen molar-refractivity contribution in [3.63, 3.8) is 0 Å². The summed E-state index contributed by atoms with van der Waals surface area (Å²) in [6, 6.07) is 10.1. The third kappa shape index (κ3) is 6.92. The smallest absolute Gasteiger partial charge is 0.302 e. The van der Waals surface area contributed by atoms with Crippen molar-refractivity contribution in [3.8, 4) is 0 Å². The van der Waals surface area contributed by atoms with Gasteiger partial charge in [-0.2, -0.15) is 0 Å². The number of esters is 1. The van der Waals surface area contributed by atoms with Crippen LogP contribution in [0.3, 0.4) is 0 Å². The summed E-state index contributed by atoms with van der Waals surface area (Å²) in [6.07, 6.45) is 2.50. The third-order valence-electron chi connectivity index (χ3n) is 3.09. The van der Waals surface area contributed by atoms with E-state index in [9.17, 15) is 9.59 Å². The molecule has 1 amide bonds. The molecule has 20 heavy (non-hydrogen) atoms. The van der Waals surface area contributed by atoms with E-state index >= 15 is 0 Å². The second kappa shape index (κ2) is 9.13. The van der Waals surface area contributed by atoms with E-state index < -0.39 is 0 Å². The number of ether oxygens (including phenoxy) is 1. The molecule has 0 bridgehead atoms. The molecule has 0 radical (unpaired) electrons. The molecular formula is C16H23NO3. The van der Waals surface area contributed by atoms with Gasteiger partial charge in [-0.05, 0) is 24.8 Å². The maximum atomic E-state index is 11.6. The summed E-state index contributed by atoms with van der Waals surface area (Å²) in [5.41, 5.74) is 1.23. The molecule has 1 rings (SSSR count). The highest BCUT2D eigenvalue weighted by atomic mass is 16.5. The number of benzene rings is 1. The van der Waals surface area contributed by atoms with Gasteiger partial charge in [0, 0.05) is 26.9 Å². The average Bonchev–Trinajstić information content (AvgIpc) is 2.42. The SMILES string of the molecule is CC(=O)OCCCCN(CCc1ccccc1)C(C)=O. The van der Waals surface area contributed by atoms with Crippen LogP contribution in [0.4, 0.5) is 0 Å². The lowest BCUT2D eigenvalue weighted by atomic mass is 10.1. The summed E-state index contributed by atoms with van der Waals surface area (Å²) in [5, 5.41) is 0. The molecule has 0 aromatic heterocycles. The lowest BCUT2D eigenvalue weighted by Crippen LogP contribution is -2.32. The van der Waals surface area contributed by atoms with Crippen LogP contribution in [0.25, 0.3) is 0 Å². The first-order valence-corrected chi connectivity index (χ1v) is 7.02. The molecule has 0 unspecified atom stereocenters. The second-order valence-corrected chi connectivity index (χ2v) is 4.79. The number of carbonyl (C=O) groups excluding carboxylic acids is 2. The number of nitrogens with zero attached hydrogens (tertiary/aromatic N) is 1. The van der Waals surface area contributed by atoms with Gasteiger partial charge in [0.05, 0.1) is 6.61 Å². The number of unbranched alkanes of at least 4 members (excludes halogenated alkanes) is 1. The van der Waals surface area contributed by atoms with Gasteiger partial charge in [0.1, 0.15) is 0 Å². The minimum atomic E-state index is -0.252. The van der Waals surface area contributed by atoms with Crippen LogP contribution < -0.4 is 0 Å². The number of hydrogen-bond donors (Lipinski definition) is 0. The van der Waals surface area contributed by atoms with Gasteiger partial charge in [-0.15, -0.1) is 0 Å². The first-order chi connectivity index (χ1) is 9.59. The van der Waals surface area contributed by atoms with Crippen molar-refractivity contribution in [1.82, 2.24) is 4.90 Å². The van der Waals surface area contributed by atoms with E-state index in [1.807, 2.05) is 23.1 Å². The number of hydrogen-bond acceptors (Lipinski definition) is 3. The predicted octanol–water partition coefficient (Wildman–Crippen LogP) is 2.42. The molecule has 4 heteroatoms. The molecule has 0 heterocycles. The minimum absolute atomic E-state index is 0.0911. The molecule has 1 aromatic rings. The Hall–Kier alpha value is -1.84. The summed E-state index contributed by atoms with van der Waals surface area (Å²) in [4.78, 5) is 24.0. The number of rotatable bonds is 8. The molecule has 110 valence electrons. The highest BCUT2D eigenvalue weighted by molar-refractivity contribution is 5.73. The van der Waals surface area contributed by atoms with Crippen LogP contribution in [0.15, 0.2) is 30.3 Å². The van der Waals surface area contributed by atoms with Gasteiger partial charge >= 0.3 is 5.97 Å². The predicted molar refractivity (Wildman–Crippen MR) is 78.3 cm³/mol. The van der Waals surface area contributed by atoms with Gasteiger partial charge in [0.25, 0.3) is 0 Å². The van der Waals surface area contributed by atoms with Crippen molar-refractivity contribution in [2.45, 2.75) is 33.1 Å². The molecule has 0 N–H and O–H groups in total. The van der Waals surface area contributed by atoms with E-state index in [0.29, 0.717) is 13.2 Å². The van der Waals surface area contributed by atoms with Gasteiger partial charge in [-0.3, -0.25) is 9.59 Å². The standard InChI is InChI=1S/C16H23NO3/c1-14(18)17(11-6-7-13-20-15(2)19)12-10-16-8-4-3-5-9-16/h3-5,8-9H,6-7,10-13H2,1-2H3. The molecule has 0 saturated heterocycles. The van der Waals surface area contributed by atoms with Crippen molar-refractivity contribution in [1.29, 1.82) is 0 Å². The van der Waals surface area contributed by atoms with Gasteiger partial charge < -0.3 is 9.64 Å². The summed E-state index contributed by atoms with van der Waals surface area (Å²) in [5.74, 6) is -0.161. The normalized spacial score (nSPS) is 10.1. The van der Waals surface area contributed by atoms with Gasteiger partial charge in [0.15, 0.2) is 0 Å². The zero-order valence-electron chi connectivity index (χ0n) is 12.3. The van der Waals surface area contributed by atoms with Crippen molar-refractivity contribution >= 4 is 11.9 Å². The molecule has 0 aliphatic carbocycles. The highest BCUT2D eigenvalue weighted by Gasteiger charge is 2.08. The van der Waals surface area contributed by atoms with Crippen LogP contribution in [-0.4, -0.2) is 36.5 Å². The van der Waals surface area contributed by atoms with E-state index in [0.717, 1.165) is 25.8 Å². The Balaban J connectivity index is 2.26. The van der Waals surface area contributed by atoms with Gasteiger partial charge in [0.2, 0.25) is 5.91 Å². The molecule has 0 fully saturated rings. The summed E-state index contributed by atoms with van der Waals surface area (Å²) in [7, 11) is 0. The van der Waals surface area contributed by atoms with Crippen molar-refractivity contribution in [2.75, 3.05) is 19.7 Å². The molecule has 0 aliphatic heterocycles. The maximum Gasteiger partial charge on any atom is 0.302 e. The first-order valence-electron chi connectivity index (χ1n) is 7.02. The number of carbonyl (C=O) groups is 2. The third-order valence-corrected chi connectivity index (χ3v) is 3.09. The quantitative estimate of drug-likeness (QED) is 0.541. The van der Waals surface area contributed by atoms with Crippen molar-refractivity contribution < 1.29 is 14.3 Å². The largest absolute Gasteiger partial charge is 0.466 e. The molecule has 0 aliphatic rings. The Kier molecular flexibility index (Phi) is 7.40. The van der Waals surface area contributed by atoms with Crippen LogP contribution in [-0.2, 0) is 20.7 Å². The Bertz CT molecular complexity index is 417. The Morgan fingerprint density at radius 2 is 1.75 bits per heavy atom. The fraction of sp³-hybridized carbons (Fsp3) is 0.500. The Morgan fingerprint density at radius 1 is 1.05 bits per heavy atom. The molecule has 0 spiro atoms. The molecular weight excluding hydrogens is 254 g/mol. The summed E-state index contributed by atoms with van der Waals surface area (Å²) >= 11 is 0. The van der Waals surface area contributed by atoms with Crippen molar-refractivity contribution in [3.05, 3.63) is 35.9 Å². The van der Waals surface area contributed by atoms with Crippen LogP contribution in [0.5, 0.6) is 0 Å². The van der Waals surface area contributed by atoms with E-state index in [-0.39, 0.29) is 11.9 Å². The van der Waals surface area contributed by atoms with Crippen LogP contribution >= 0.6 is 0 Å². The molecule has 0 atom stereocenters. The van der Waals surface area contributed by atoms with E-state index in [1.54, 1.807) is 6.92 Å². The van der Waals surface area contributed by atoms with E-state index in [2.05, 4.69) is 12.1 Å². The lowest BCUT2D eigenvalue weighted by Gasteiger charge is -2.21. The fourth-order valence-corrected chi connectivity index (χ4v) is 1.96. The van der Waals surface area contributed by atoms with Crippen molar-refractivity contribution in [2.24, 2.45) is 0 Å². The van der Waals surface area contributed by atoms with E-state index in [1.165, 1.54) is 12.5 Å². The highest BCUT2D eigenvalue weighted by Crippen LogP contribution is 2.03. The zero-order valence-corrected chi connectivity index (χ0v) is 12.3. The molecule has 4 nitrogen and oxygen atoms in total. The molecule has 1 aromatic carbocycles. The van der Waals surface area contributed by atoms with Crippen LogP contribution in [0.2, 0.25) is 0 Å². The fourth-order valence-electron chi connectivity index (χ4n) is 1.96. The minimum Gasteiger partial charge on any atom is -0.466 e. The summed E-state index contributed by atoms with van der Waals surface area (Å²) in [6.45, 7) is 4.87. The molecule has 0 saturated carbocycles. The Morgan fingerprint density at radius 3 is 2.35 bits per heavy atom. The van der Waals surface area contributed by atoms with Gasteiger partial charge in [-0.1, -0.05) is 30.3 Å². The first kappa shape index (κ1) is 16.2. The summed E-state index contributed by atoms with van der Waals surface area (Å²) < 4.78 is 4.87. The Labute approximate surface area is 120 Å². The van der Waals surface area contributed by atoms with Gasteiger partial charge in [-0.25, -0.2) is 0 Å². The van der Waals surface area contributed by atoms with Crippen LogP contribution in [0, 0.1) is 0 Å². The maximum absolute atomic E-state index is 11.6. The average molecular weight is 277 g/mol. The van der Waals surface area contributed by atoms with Crippen LogP contribution in [0.1, 0.15) is 32.3 Å². The monoisotopic (exact) mass is 277 g/mol. The van der Waals surface area contributed by atoms with E-state index in [4.69, 9.17) is 4.74 Å². The second-order valence-electron chi connectivity index (χ2n) is 4.79.